The van der Waals surface area contributed by atoms with Crippen LogP contribution in [0.4, 0.5) is 0 Å². The molecule has 106 valence electrons. The van der Waals surface area contributed by atoms with Gasteiger partial charge in [-0.25, -0.2) is 4.98 Å². The molecular weight excluding hydrogens is 280 g/mol. The molecule has 0 fully saturated rings. The van der Waals surface area contributed by atoms with Gasteiger partial charge < -0.3 is 5.32 Å². The Balaban J connectivity index is 1.86. The summed E-state index contributed by atoms with van der Waals surface area (Å²) in [6, 6.07) is 0. The highest BCUT2D eigenvalue weighted by Crippen LogP contribution is 2.19. The molecule has 0 aliphatic heterocycles. The Morgan fingerprint density at radius 1 is 1.60 bits per heavy atom. The van der Waals surface area contributed by atoms with Gasteiger partial charge in [-0.2, -0.15) is 10.2 Å². The molecule has 0 saturated heterocycles. The zero-order valence-corrected chi connectivity index (χ0v) is 12.0. The van der Waals surface area contributed by atoms with Gasteiger partial charge in [0, 0.05) is 31.7 Å². The van der Waals surface area contributed by atoms with Crippen LogP contribution in [0.5, 0.6) is 0 Å². The minimum atomic E-state index is -0.191. The average Bonchev–Trinajstić information content (AvgIpc) is 2.98. The second-order valence-electron chi connectivity index (χ2n) is 4.22. The van der Waals surface area contributed by atoms with E-state index in [0.29, 0.717) is 18.1 Å². The van der Waals surface area contributed by atoms with Gasteiger partial charge in [-0.05, 0) is 13.0 Å². The standard InChI is InChI=1S/C12H15ClN6O/c1-8-9(12(13)19(2)18-8)3-4-11(20)14-6-5-10-15-7-16-17-10/h3-4,7H,5-6H2,1-2H3,(H,14,20)(H,15,16,17). The van der Waals surface area contributed by atoms with E-state index in [1.54, 1.807) is 17.8 Å². The van der Waals surface area contributed by atoms with Gasteiger partial charge in [0.25, 0.3) is 0 Å². The minimum absolute atomic E-state index is 0.191. The summed E-state index contributed by atoms with van der Waals surface area (Å²) in [5.74, 6) is 0.546. The minimum Gasteiger partial charge on any atom is -0.352 e. The number of hydrogen-bond donors (Lipinski definition) is 2. The quantitative estimate of drug-likeness (QED) is 0.801. The third kappa shape index (κ3) is 3.45. The van der Waals surface area contributed by atoms with Crippen LogP contribution in [-0.2, 0) is 18.3 Å². The van der Waals surface area contributed by atoms with Crippen LogP contribution in [0.1, 0.15) is 17.1 Å². The first kappa shape index (κ1) is 14.3. The van der Waals surface area contributed by atoms with Crippen molar-refractivity contribution in [3.05, 3.63) is 34.6 Å². The molecule has 20 heavy (non-hydrogen) atoms. The number of aryl methyl sites for hydroxylation is 2. The van der Waals surface area contributed by atoms with Crippen molar-refractivity contribution in [2.24, 2.45) is 7.05 Å². The van der Waals surface area contributed by atoms with Crippen molar-refractivity contribution >= 4 is 23.6 Å². The van der Waals surface area contributed by atoms with Crippen LogP contribution in [0.3, 0.4) is 0 Å². The van der Waals surface area contributed by atoms with Gasteiger partial charge in [0.2, 0.25) is 5.91 Å². The van der Waals surface area contributed by atoms with Gasteiger partial charge in [0.1, 0.15) is 17.3 Å². The fourth-order valence-electron chi connectivity index (χ4n) is 1.71. The Hall–Kier alpha value is -2.15. The van der Waals surface area contributed by atoms with Crippen LogP contribution in [-0.4, -0.2) is 37.4 Å². The first-order valence-corrected chi connectivity index (χ1v) is 6.45. The lowest BCUT2D eigenvalue weighted by molar-refractivity contribution is -0.116. The van der Waals surface area contributed by atoms with E-state index in [0.717, 1.165) is 17.1 Å². The summed E-state index contributed by atoms with van der Waals surface area (Å²) in [5, 5.41) is 13.9. The summed E-state index contributed by atoms with van der Waals surface area (Å²) in [5.41, 5.74) is 1.53. The molecule has 1 amide bonds. The van der Waals surface area contributed by atoms with Crippen LogP contribution in [0.2, 0.25) is 5.15 Å². The van der Waals surface area contributed by atoms with Crippen LogP contribution in [0, 0.1) is 6.92 Å². The molecule has 0 bridgehead atoms. The van der Waals surface area contributed by atoms with Gasteiger partial charge in [-0.1, -0.05) is 11.6 Å². The van der Waals surface area contributed by atoms with Crippen molar-refractivity contribution < 1.29 is 4.79 Å². The highest BCUT2D eigenvalue weighted by molar-refractivity contribution is 6.31. The number of nitrogens with one attached hydrogen (secondary N) is 2. The lowest BCUT2D eigenvalue weighted by atomic mass is 10.2. The van der Waals surface area contributed by atoms with Gasteiger partial charge >= 0.3 is 0 Å². The molecule has 7 nitrogen and oxygen atoms in total. The second kappa shape index (κ2) is 6.33. The highest BCUT2D eigenvalue weighted by atomic mass is 35.5. The van der Waals surface area contributed by atoms with Gasteiger partial charge in [-0.3, -0.25) is 14.6 Å². The zero-order valence-electron chi connectivity index (χ0n) is 11.2. The Morgan fingerprint density at radius 3 is 3.00 bits per heavy atom. The largest absolute Gasteiger partial charge is 0.352 e. The number of aromatic nitrogens is 5. The summed E-state index contributed by atoms with van der Waals surface area (Å²) >= 11 is 6.07. The molecule has 0 radical (unpaired) electrons. The maximum atomic E-state index is 11.7. The number of nitrogens with zero attached hydrogens (tertiary/aromatic N) is 4. The summed E-state index contributed by atoms with van der Waals surface area (Å²) < 4.78 is 1.57. The second-order valence-corrected chi connectivity index (χ2v) is 4.58. The Labute approximate surface area is 121 Å². The molecule has 0 aliphatic carbocycles. The van der Waals surface area contributed by atoms with Crippen LogP contribution < -0.4 is 5.32 Å². The molecule has 2 aromatic heterocycles. The SMILES string of the molecule is Cc1nn(C)c(Cl)c1C=CC(=O)NCCc1ncn[nH]1. The molecule has 0 saturated carbocycles. The van der Waals surface area contributed by atoms with Crippen molar-refractivity contribution in [1.82, 2.24) is 30.3 Å². The van der Waals surface area contributed by atoms with Crippen LogP contribution >= 0.6 is 11.6 Å². The monoisotopic (exact) mass is 294 g/mol. The third-order valence-electron chi connectivity index (χ3n) is 2.72. The van der Waals surface area contributed by atoms with E-state index in [2.05, 4.69) is 25.6 Å². The fraction of sp³-hybridized carbons (Fsp3) is 0.333. The maximum Gasteiger partial charge on any atom is 0.244 e. The number of carbonyl (C=O) groups is 1. The van der Waals surface area contributed by atoms with Crippen molar-refractivity contribution in [2.45, 2.75) is 13.3 Å². The molecule has 8 heteroatoms. The molecule has 0 unspecified atom stereocenters. The van der Waals surface area contributed by atoms with E-state index in [9.17, 15) is 4.79 Å². The molecule has 2 aromatic rings. The number of aromatic amines is 1. The third-order valence-corrected chi connectivity index (χ3v) is 3.17. The first-order chi connectivity index (χ1) is 9.58. The maximum absolute atomic E-state index is 11.7. The molecule has 2 heterocycles. The van der Waals surface area contributed by atoms with Crippen molar-refractivity contribution in [2.75, 3.05) is 6.54 Å². The average molecular weight is 295 g/mol. The van der Waals surface area contributed by atoms with Gasteiger partial charge in [-0.15, -0.1) is 0 Å². The van der Waals surface area contributed by atoms with Crippen molar-refractivity contribution in [1.29, 1.82) is 0 Å². The number of rotatable bonds is 5. The number of hydrogen-bond acceptors (Lipinski definition) is 4. The Morgan fingerprint density at radius 2 is 2.40 bits per heavy atom. The summed E-state index contributed by atoms with van der Waals surface area (Å²) in [7, 11) is 1.75. The Bertz CT molecular complexity index is 616. The Kier molecular flexibility index (Phi) is 4.52. The molecule has 0 aromatic carbocycles. The molecule has 0 atom stereocenters. The van der Waals surface area contributed by atoms with E-state index < -0.39 is 0 Å². The topological polar surface area (TPSA) is 88.5 Å². The lowest BCUT2D eigenvalue weighted by Gasteiger charge is -1.99. The van der Waals surface area contributed by atoms with Gasteiger partial charge in [0.05, 0.1) is 5.69 Å². The number of H-pyrrole nitrogens is 1. The van der Waals surface area contributed by atoms with E-state index in [4.69, 9.17) is 11.6 Å². The lowest BCUT2D eigenvalue weighted by Crippen LogP contribution is -2.23. The highest BCUT2D eigenvalue weighted by Gasteiger charge is 2.08. The van der Waals surface area contributed by atoms with E-state index in [-0.39, 0.29) is 5.91 Å². The predicted octanol–water partition coefficient (Wildman–Crippen LogP) is 0.872. The molecule has 0 aliphatic rings. The predicted molar refractivity (Wildman–Crippen MR) is 75.1 cm³/mol. The molecular formula is C12H15ClN6O. The first-order valence-electron chi connectivity index (χ1n) is 6.07. The molecule has 2 rings (SSSR count). The van der Waals surface area contributed by atoms with E-state index >= 15 is 0 Å². The zero-order chi connectivity index (χ0) is 14.5. The molecule has 0 spiro atoms. The summed E-state index contributed by atoms with van der Waals surface area (Å²) in [4.78, 5) is 15.6. The van der Waals surface area contributed by atoms with Crippen LogP contribution in [0.15, 0.2) is 12.4 Å². The van der Waals surface area contributed by atoms with Crippen molar-refractivity contribution in [3.63, 3.8) is 0 Å². The van der Waals surface area contributed by atoms with Gasteiger partial charge in [0.15, 0.2) is 0 Å². The smallest absolute Gasteiger partial charge is 0.244 e. The number of carbonyl (C=O) groups excluding carboxylic acids is 1. The number of amides is 1. The normalized spacial score (nSPS) is 11.2. The van der Waals surface area contributed by atoms with Crippen molar-refractivity contribution in [3.8, 4) is 0 Å². The summed E-state index contributed by atoms with van der Waals surface area (Å²) in [6.45, 7) is 2.32. The van der Waals surface area contributed by atoms with Crippen LogP contribution in [0.25, 0.3) is 6.08 Å². The van der Waals surface area contributed by atoms with E-state index in [1.807, 2.05) is 6.92 Å². The summed E-state index contributed by atoms with van der Waals surface area (Å²) in [6.07, 6.45) is 5.14. The molecule has 2 N–H and O–H groups in total. The van der Waals surface area contributed by atoms with E-state index in [1.165, 1.54) is 12.4 Å². The number of halogens is 1. The fourth-order valence-corrected chi connectivity index (χ4v) is 1.95.